The number of hydrogen-bond acceptors (Lipinski definition) is 3. The van der Waals surface area contributed by atoms with Gasteiger partial charge in [-0.25, -0.2) is 4.98 Å². The molecular weight excluding hydrogens is 238 g/mol. The average molecular weight is 257 g/mol. The molecule has 0 spiro atoms. The van der Waals surface area contributed by atoms with E-state index in [4.69, 9.17) is 15.5 Å². The second-order valence-corrected chi connectivity index (χ2v) is 5.90. The smallest absolute Gasteiger partial charge is 0.110 e. The van der Waals surface area contributed by atoms with Gasteiger partial charge in [-0.15, -0.1) is 0 Å². The molecule has 0 radical (unpaired) electrons. The summed E-state index contributed by atoms with van der Waals surface area (Å²) in [5.41, 5.74) is 9.60. The van der Waals surface area contributed by atoms with Gasteiger partial charge in [0.05, 0.1) is 11.0 Å². The summed E-state index contributed by atoms with van der Waals surface area (Å²) < 4.78 is 5.41. The van der Waals surface area contributed by atoms with Crippen LogP contribution in [0, 0.1) is 0 Å². The number of ether oxygens (including phenoxy) is 1. The molecule has 100 valence electrons. The number of aromatic nitrogens is 2. The molecule has 3 N–H and O–H groups in total. The van der Waals surface area contributed by atoms with Gasteiger partial charge in [0, 0.05) is 24.7 Å². The van der Waals surface area contributed by atoms with E-state index >= 15 is 0 Å². The molecule has 1 aliphatic carbocycles. The second-order valence-electron chi connectivity index (χ2n) is 5.90. The van der Waals surface area contributed by atoms with Crippen LogP contribution >= 0.6 is 0 Å². The lowest BCUT2D eigenvalue weighted by Gasteiger charge is -2.19. The van der Waals surface area contributed by atoms with Gasteiger partial charge in [-0.2, -0.15) is 0 Å². The highest BCUT2D eigenvalue weighted by molar-refractivity contribution is 5.76. The van der Waals surface area contributed by atoms with Crippen LogP contribution in [0.5, 0.6) is 0 Å². The number of nitrogens with two attached hydrogens (primary N) is 1. The molecule has 2 aromatic rings. The summed E-state index contributed by atoms with van der Waals surface area (Å²) in [7, 11) is 0. The number of H-pyrrole nitrogens is 1. The summed E-state index contributed by atoms with van der Waals surface area (Å²) in [6, 6.07) is 6.40. The fraction of sp³-hybridized carbons (Fsp3) is 0.533. The summed E-state index contributed by atoms with van der Waals surface area (Å²) in [4.78, 5) is 8.21. The van der Waals surface area contributed by atoms with Gasteiger partial charge in [0.15, 0.2) is 0 Å². The van der Waals surface area contributed by atoms with Gasteiger partial charge in [-0.05, 0) is 43.4 Å². The summed E-state index contributed by atoms with van der Waals surface area (Å²) in [6.45, 7) is 1.69. The van der Waals surface area contributed by atoms with Crippen LogP contribution in [0.3, 0.4) is 0 Å². The van der Waals surface area contributed by atoms with E-state index in [9.17, 15) is 0 Å². The normalized spacial score (nSPS) is 22.8. The third-order valence-corrected chi connectivity index (χ3v) is 4.47. The van der Waals surface area contributed by atoms with E-state index in [1.807, 2.05) is 0 Å². The molecule has 19 heavy (non-hydrogen) atoms. The quantitative estimate of drug-likeness (QED) is 0.868. The van der Waals surface area contributed by atoms with Crippen LogP contribution in [0.25, 0.3) is 11.0 Å². The predicted octanol–water partition coefficient (Wildman–Crippen LogP) is 2.40. The third kappa shape index (κ3) is 1.95. The van der Waals surface area contributed by atoms with Crippen LogP contribution in [0.15, 0.2) is 18.2 Å². The monoisotopic (exact) mass is 257 g/mol. The topological polar surface area (TPSA) is 63.9 Å². The molecule has 4 rings (SSSR count). The molecule has 0 atom stereocenters. The number of nitrogens with zero attached hydrogens (tertiary/aromatic N) is 1. The first kappa shape index (κ1) is 11.4. The highest BCUT2D eigenvalue weighted by Gasteiger charge is 2.40. The van der Waals surface area contributed by atoms with Crippen molar-refractivity contribution in [3.63, 3.8) is 0 Å². The van der Waals surface area contributed by atoms with Crippen LogP contribution in [0.2, 0.25) is 0 Å². The fourth-order valence-corrected chi connectivity index (χ4v) is 2.93. The maximum atomic E-state index is 6.26. The molecule has 0 amide bonds. The van der Waals surface area contributed by atoms with Crippen molar-refractivity contribution in [3.05, 3.63) is 29.6 Å². The van der Waals surface area contributed by atoms with Crippen LogP contribution in [-0.2, 0) is 10.3 Å². The summed E-state index contributed by atoms with van der Waals surface area (Å²) >= 11 is 0. The summed E-state index contributed by atoms with van der Waals surface area (Å²) in [5.74, 6) is 1.62. The van der Waals surface area contributed by atoms with Gasteiger partial charge in [0.1, 0.15) is 5.82 Å². The Morgan fingerprint density at radius 3 is 2.79 bits per heavy atom. The number of benzene rings is 1. The maximum absolute atomic E-state index is 6.26. The molecular formula is C15H19N3O. The molecule has 1 saturated carbocycles. The Bertz CT molecular complexity index is 609. The first-order chi connectivity index (χ1) is 9.24. The minimum absolute atomic E-state index is 0.0713. The van der Waals surface area contributed by atoms with E-state index in [2.05, 4.69) is 23.2 Å². The van der Waals surface area contributed by atoms with Crippen LogP contribution in [-0.4, -0.2) is 23.2 Å². The van der Waals surface area contributed by atoms with Crippen molar-refractivity contribution >= 4 is 11.0 Å². The Morgan fingerprint density at radius 1 is 1.26 bits per heavy atom. The van der Waals surface area contributed by atoms with Gasteiger partial charge in [-0.1, -0.05) is 6.07 Å². The van der Waals surface area contributed by atoms with Crippen molar-refractivity contribution in [1.82, 2.24) is 9.97 Å². The molecule has 1 aromatic carbocycles. The molecule has 0 bridgehead atoms. The molecule has 0 unspecified atom stereocenters. The third-order valence-electron chi connectivity index (χ3n) is 4.47. The van der Waals surface area contributed by atoms with Crippen molar-refractivity contribution < 1.29 is 4.74 Å². The minimum Gasteiger partial charge on any atom is -0.381 e. The highest BCUT2D eigenvalue weighted by atomic mass is 16.5. The number of nitrogens with one attached hydrogen (secondary N) is 1. The summed E-state index contributed by atoms with van der Waals surface area (Å²) in [6.07, 6.45) is 4.32. The average Bonchev–Trinajstić information content (AvgIpc) is 3.06. The minimum atomic E-state index is -0.0713. The fourth-order valence-electron chi connectivity index (χ4n) is 2.93. The molecule has 2 fully saturated rings. The van der Waals surface area contributed by atoms with E-state index in [-0.39, 0.29) is 5.54 Å². The molecule has 2 aliphatic rings. The number of fused-ring (bicyclic) bond motifs is 1. The standard InChI is InChI=1S/C15H19N3O/c16-15(5-6-15)11-1-2-12-13(9-11)18-14(17-12)10-3-7-19-8-4-10/h1-2,9-10H,3-8,16H2,(H,17,18). The van der Waals surface area contributed by atoms with Crippen LogP contribution < -0.4 is 5.73 Å². The number of rotatable bonds is 2. The second kappa shape index (κ2) is 4.05. The van der Waals surface area contributed by atoms with Crippen molar-refractivity contribution in [3.8, 4) is 0 Å². The predicted molar refractivity (Wildman–Crippen MR) is 74.0 cm³/mol. The Morgan fingerprint density at radius 2 is 2.05 bits per heavy atom. The van der Waals surface area contributed by atoms with Crippen molar-refractivity contribution in [2.45, 2.75) is 37.1 Å². The van der Waals surface area contributed by atoms with Crippen molar-refractivity contribution in [2.75, 3.05) is 13.2 Å². The lowest BCUT2D eigenvalue weighted by Crippen LogP contribution is -2.18. The molecule has 4 heteroatoms. The zero-order chi connectivity index (χ0) is 12.9. The Kier molecular flexibility index (Phi) is 2.44. The Hall–Kier alpha value is -1.39. The van der Waals surface area contributed by atoms with Crippen molar-refractivity contribution in [1.29, 1.82) is 0 Å². The van der Waals surface area contributed by atoms with E-state index in [0.29, 0.717) is 5.92 Å². The molecule has 4 nitrogen and oxygen atoms in total. The number of aromatic amines is 1. The lowest BCUT2D eigenvalue weighted by atomic mass is 10.00. The van der Waals surface area contributed by atoms with Crippen LogP contribution in [0.4, 0.5) is 0 Å². The number of hydrogen-bond donors (Lipinski definition) is 2. The number of imidazole rings is 1. The Labute approximate surface area is 112 Å². The first-order valence-corrected chi connectivity index (χ1v) is 7.11. The largest absolute Gasteiger partial charge is 0.381 e. The molecule has 1 saturated heterocycles. The highest BCUT2D eigenvalue weighted by Crippen LogP contribution is 2.43. The summed E-state index contributed by atoms with van der Waals surface area (Å²) in [5, 5.41) is 0. The van der Waals surface area contributed by atoms with Gasteiger partial charge in [0.2, 0.25) is 0 Å². The van der Waals surface area contributed by atoms with E-state index in [1.165, 1.54) is 5.56 Å². The van der Waals surface area contributed by atoms with E-state index < -0.39 is 0 Å². The van der Waals surface area contributed by atoms with Gasteiger partial charge in [-0.3, -0.25) is 0 Å². The van der Waals surface area contributed by atoms with Crippen molar-refractivity contribution in [2.24, 2.45) is 5.73 Å². The van der Waals surface area contributed by atoms with Gasteiger partial charge >= 0.3 is 0 Å². The van der Waals surface area contributed by atoms with Gasteiger partial charge in [0.25, 0.3) is 0 Å². The SMILES string of the molecule is NC1(c2ccc3nc(C4CCOCC4)[nH]c3c2)CC1. The molecule has 2 heterocycles. The van der Waals surface area contributed by atoms with E-state index in [1.54, 1.807) is 0 Å². The maximum Gasteiger partial charge on any atom is 0.110 e. The zero-order valence-electron chi connectivity index (χ0n) is 11.0. The molecule has 1 aromatic heterocycles. The van der Waals surface area contributed by atoms with Crippen LogP contribution in [0.1, 0.15) is 43.0 Å². The molecule has 1 aliphatic heterocycles. The first-order valence-electron chi connectivity index (χ1n) is 7.11. The van der Waals surface area contributed by atoms with Gasteiger partial charge < -0.3 is 15.5 Å². The van der Waals surface area contributed by atoms with E-state index in [0.717, 1.165) is 55.8 Å². The lowest BCUT2D eigenvalue weighted by molar-refractivity contribution is 0.0838. The zero-order valence-corrected chi connectivity index (χ0v) is 11.0. The Balaban J connectivity index is 1.70.